The zero-order valence-electron chi connectivity index (χ0n) is 7.94. The van der Waals surface area contributed by atoms with Gasteiger partial charge in [0.05, 0.1) is 0 Å². The van der Waals surface area contributed by atoms with Crippen molar-refractivity contribution in [2.24, 2.45) is 7.05 Å². The highest BCUT2D eigenvalue weighted by Crippen LogP contribution is 2.05. The molecule has 2 aromatic rings. The number of hydrogen-bond acceptors (Lipinski definition) is 5. The Bertz CT molecular complexity index is 658. The van der Waals surface area contributed by atoms with Crippen molar-refractivity contribution in [3.63, 3.8) is 0 Å². The number of aromatic nitrogens is 3. The van der Waals surface area contributed by atoms with Crippen molar-refractivity contribution < 1.29 is 4.42 Å². The van der Waals surface area contributed by atoms with E-state index in [1.165, 1.54) is 11.6 Å². The van der Waals surface area contributed by atoms with Crippen molar-refractivity contribution in [2.45, 2.75) is 6.92 Å². The van der Waals surface area contributed by atoms with Gasteiger partial charge in [-0.25, -0.2) is 9.48 Å². The molecule has 6 nitrogen and oxygen atoms in total. The first kappa shape index (κ1) is 9.85. The fourth-order valence-electron chi connectivity index (χ4n) is 1.26. The molecular weight excluding hydrogens is 222 g/mol. The number of rotatable bonds is 0. The Kier molecular flexibility index (Phi) is 2.08. The van der Waals surface area contributed by atoms with Crippen molar-refractivity contribution in [1.29, 1.82) is 0 Å². The van der Waals surface area contributed by atoms with Crippen molar-refractivity contribution in [2.75, 3.05) is 0 Å². The Labute approximate surface area is 88.1 Å². The van der Waals surface area contributed by atoms with Crippen LogP contribution in [-0.2, 0) is 7.05 Å². The van der Waals surface area contributed by atoms with Crippen molar-refractivity contribution in [3.05, 3.63) is 31.7 Å². The van der Waals surface area contributed by atoms with Gasteiger partial charge in [-0.3, -0.25) is 4.79 Å². The van der Waals surface area contributed by atoms with E-state index in [1.807, 2.05) is 0 Å². The lowest BCUT2D eigenvalue weighted by Crippen LogP contribution is -2.20. The van der Waals surface area contributed by atoms with Crippen LogP contribution in [0.15, 0.2) is 14.0 Å². The molecule has 0 atom stereocenters. The molecule has 0 saturated heterocycles. The van der Waals surface area contributed by atoms with Crippen LogP contribution in [0.4, 0.5) is 0 Å². The fraction of sp³-hybridized carbons (Fsp3) is 0.250. The SMILES string of the molecule is Cc1nc2c(c(=O)o1)c(=O)c(Cl)nn2C. The third-order valence-electron chi connectivity index (χ3n) is 1.89. The lowest BCUT2D eigenvalue weighted by molar-refractivity contribution is 0.463. The van der Waals surface area contributed by atoms with E-state index in [2.05, 4.69) is 10.1 Å². The maximum Gasteiger partial charge on any atom is 0.352 e. The van der Waals surface area contributed by atoms with Gasteiger partial charge in [-0.05, 0) is 0 Å². The first-order valence-electron chi connectivity index (χ1n) is 4.05. The quantitative estimate of drug-likeness (QED) is 0.644. The standard InChI is InChI=1S/C8H6ClN3O3/c1-3-10-7-4(8(14)15-3)5(13)6(9)11-12(7)2/h1-2H3. The smallest absolute Gasteiger partial charge is 0.352 e. The molecule has 0 aliphatic carbocycles. The summed E-state index contributed by atoms with van der Waals surface area (Å²) < 4.78 is 5.98. The number of hydrogen-bond donors (Lipinski definition) is 0. The molecule has 0 fully saturated rings. The molecule has 0 saturated carbocycles. The fourth-order valence-corrected chi connectivity index (χ4v) is 1.47. The average Bonchev–Trinajstić information content (AvgIpc) is 2.13. The average molecular weight is 228 g/mol. The molecule has 0 spiro atoms. The van der Waals surface area contributed by atoms with Crippen LogP contribution >= 0.6 is 11.6 Å². The van der Waals surface area contributed by atoms with E-state index >= 15 is 0 Å². The molecular formula is C8H6ClN3O3. The van der Waals surface area contributed by atoms with E-state index in [9.17, 15) is 9.59 Å². The van der Waals surface area contributed by atoms with E-state index in [-0.39, 0.29) is 22.1 Å². The highest BCUT2D eigenvalue weighted by atomic mass is 35.5. The largest absolute Gasteiger partial charge is 0.408 e. The Morgan fingerprint density at radius 1 is 1.40 bits per heavy atom. The van der Waals surface area contributed by atoms with E-state index < -0.39 is 11.1 Å². The number of fused-ring (bicyclic) bond motifs is 1. The molecule has 0 bridgehead atoms. The van der Waals surface area contributed by atoms with Gasteiger partial charge in [0.1, 0.15) is 0 Å². The van der Waals surface area contributed by atoms with E-state index in [1.54, 1.807) is 7.05 Å². The molecule has 2 heterocycles. The maximum absolute atomic E-state index is 11.5. The van der Waals surface area contributed by atoms with E-state index in [4.69, 9.17) is 16.0 Å². The Morgan fingerprint density at radius 3 is 2.73 bits per heavy atom. The Hall–Kier alpha value is -1.69. The molecule has 0 unspecified atom stereocenters. The highest BCUT2D eigenvalue weighted by Gasteiger charge is 2.13. The molecule has 0 N–H and O–H groups in total. The summed E-state index contributed by atoms with van der Waals surface area (Å²) >= 11 is 5.55. The second kappa shape index (κ2) is 3.16. The van der Waals surface area contributed by atoms with Crippen LogP contribution in [0.25, 0.3) is 11.0 Å². The molecule has 78 valence electrons. The van der Waals surface area contributed by atoms with Crippen LogP contribution in [0.1, 0.15) is 5.89 Å². The highest BCUT2D eigenvalue weighted by molar-refractivity contribution is 6.29. The summed E-state index contributed by atoms with van der Waals surface area (Å²) in [5, 5.41) is 3.26. The minimum absolute atomic E-state index is 0.165. The third-order valence-corrected chi connectivity index (χ3v) is 2.14. The van der Waals surface area contributed by atoms with E-state index in [0.717, 1.165) is 0 Å². The summed E-state index contributed by atoms with van der Waals surface area (Å²) in [6.45, 7) is 1.51. The summed E-state index contributed by atoms with van der Waals surface area (Å²) in [5.74, 6) is 0.173. The second-order valence-corrected chi connectivity index (χ2v) is 3.32. The van der Waals surface area contributed by atoms with Crippen LogP contribution in [-0.4, -0.2) is 14.8 Å². The zero-order valence-corrected chi connectivity index (χ0v) is 8.70. The Balaban J connectivity index is 3.17. The maximum atomic E-state index is 11.5. The number of aryl methyl sites for hydroxylation is 2. The first-order chi connectivity index (χ1) is 7.00. The molecule has 0 radical (unpaired) electrons. The molecule has 0 aliphatic heterocycles. The van der Waals surface area contributed by atoms with E-state index in [0.29, 0.717) is 0 Å². The first-order valence-corrected chi connectivity index (χ1v) is 4.43. The molecule has 0 aliphatic rings. The monoisotopic (exact) mass is 227 g/mol. The van der Waals surface area contributed by atoms with Crippen LogP contribution in [0.3, 0.4) is 0 Å². The van der Waals surface area contributed by atoms with Crippen LogP contribution in [0, 0.1) is 6.92 Å². The number of halogens is 1. The summed E-state index contributed by atoms with van der Waals surface area (Å²) in [4.78, 5) is 26.8. The molecule has 0 aromatic carbocycles. The predicted octanol–water partition coefficient (Wildman–Crippen LogP) is 0.244. The van der Waals surface area contributed by atoms with Crippen LogP contribution in [0.2, 0.25) is 5.15 Å². The van der Waals surface area contributed by atoms with Crippen LogP contribution in [0.5, 0.6) is 0 Å². The third kappa shape index (κ3) is 1.42. The topological polar surface area (TPSA) is 78.0 Å². The van der Waals surface area contributed by atoms with Gasteiger partial charge in [-0.15, -0.1) is 0 Å². The van der Waals surface area contributed by atoms with Gasteiger partial charge < -0.3 is 4.42 Å². The summed E-state index contributed by atoms with van der Waals surface area (Å²) in [6, 6.07) is 0. The summed E-state index contributed by atoms with van der Waals surface area (Å²) in [6.07, 6.45) is 0. The van der Waals surface area contributed by atoms with Gasteiger partial charge in [0.15, 0.2) is 22.1 Å². The van der Waals surface area contributed by atoms with Gasteiger partial charge in [-0.1, -0.05) is 11.6 Å². The minimum atomic E-state index is -0.748. The summed E-state index contributed by atoms with van der Waals surface area (Å²) in [7, 11) is 1.54. The Morgan fingerprint density at radius 2 is 2.07 bits per heavy atom. The minimum Gasteiger partial charge on any atom is -0.408 e. The van der Waals surface area contributed by atoms with Crippen LogP contribution < -0.4 is 11.1 Å². The summed E-state index contributed by atoms with van der Waals surface area (Å²) in [5.41, 5.74) is -1.24. The van der Waals surface area contributed by atoms with Gasteiger partial charge >= 0.3 is 5.63 Å². The number of nitrogens with zero attached hydrogens (tertiary/aromatic N) is 3. The molecule has 2 aromatic heterocycles. The van der Waals surface area contributed by atoms with Crippen molar-refractivity contribution in [3.8, 4) is 0 Å². The van der Waals surface area contributed by atoms with Gasteiger partial charge in [0, 0.05) is 14.0 Å². The van der Waals surface area contributed by atoms with Gasteiger partial charge in [0.25, 0.3) is 0 Å². The zero-order chi connectivity index (χ0) is 11.2. The molecule has 15 heavy (non-hydrogen) atoms. The van der Waals surface area contributed by atoms with Gasteiger partial charge in [-0.2, -0.15) is 10.1 Å². The molecule has 7 heteroatoms. The predicted molar refractivity (Wildman–Crippen MR) is 53.1 cm³/mol. The molecule has 2 rings (SSSR count). The van der Waals surface area contributed by atoms with Crippen molar-refractivity contribution in [1.82, 2.24) is 14.8 Å². The molecule has 0 amide bonds. The van der Waals surface area contributed by atoms with Gasteiger partial charge in [0.2, 0.25) is 5.43 Å². The van der Waals surface area contributed by atoms with Crippen molar-refractivity contribution >= 4 is 22.6 Å². The lowest BCUT2D eigenvalue weighted by atomic mass is 10.3. The second-order valence-electron chi connectivity index (χ2n) is 2.96. The normalized spacial score (nSPS) is 10.9. The lowest BCUT2D eigenvalue weighted by Gasteiger charge is -2.02.